The van der Waals surface area contributed by atoms with E-state index in [1.165, 1.54) is 0 Å². The van der Waals surface area contributed by atoms with Gasteiger partial charge in [-0.05, 0) is 36.8 Å². The first-order valence-corrected chi connectivity index (χ1v) is 10.2. The lowest BCUT2D eigenvalue weighted by molar-refractivity contribution is -0.120. The van der Waals surface area contributed by atoms with E-state index in [2.05, 4.69) is 5.32 Å². The van der Waals surface area contributed by atoms with Gasteiger partial charge >= 0.3 is 0 Å². The number of carbonyl (C=O) groups is 2. The second-order valence-electron chi connectivity index (χ2n) is 7.26. The third-order valence-electron chi connectivity index (χ3n) is 5.13. The van der Waals surface area contributed by atoms with Crippen molar-refractivity contribution in [2.45, 2.75) is 6.92 Å². The molecule has 7 heteroatoms. The third-order valence-corrected chi connectivity index (χ3v) is 5.38. The Morgan fingerprint density at radius 2 is 1.41 bits per heavy atom. The summed E-state index contributed by atoms with van der Waals surface area (Å²) in [5.74, 6) is 0.222. The summed E-state index contributed by atoms with van der Waals surface area (Å²) in [4.78, 5) is 28.1. The Kier molecular flexibility index (Phi) is 5.88. The Bertz CT molecular complexity index is 1200. The van der Waals surface area contributed by atoms with Crippen LogP contribution in [-0.2, 0) is 9.59 Å². The topological polar surface area (TPSA) is 67.9 Å². The predicted molar refractivity (Wildman–Crippen MR) is 125 cm³/mol. The van der Waals surface area contributed by atoms with Crippen LogP contribution >= 0.6 is 11.6 Å². The number of imide groups is 1. The zero-order valence-electron chi connectivity index (χ0n) is 17.8. The number of carbonyl (C=O) groups excluding carboxylic acids is 2. The fraction of sp³-hybridized carbons (Fsp3) is 0.120. The van der Waals surface area contributed by atoms with E-state index < -0.39 is 11.8 Å². The molecule has 32 heavy (non-hydrogen) atoms. The summed E-state index contributed by atoms with van der Waals surface area (Å²) in [6, 6.07) is 19.2. The second kappa shape index (κ2) is 8.77. The highest BCUT2D eigenvalue weighted by molar-refractivity contribution is 6.46. The highest BCUT2D eigenvalue weighted by Gasteiger charge is 2.40. The summed E-state index contributed by atoms with van der Waals surface area (Å²) in [5, 5.41) is 3.64. The van der Waals surface area contributed by atoms with Crippen molar-refractivity contribution in [3.63, 3.8) is 0 Å². The van der Waals surface area contributed by atoms with E-state index in [-0.39, 0.29) is 11.3 Å². The minimum Gasteiger partial charge on any atom is -0.497 e. The Morgan fingerprint density at radius 1 is 0.812 bits per heavy atom. The SMILES string of the molecule is COc1cc(NC2=C(c3ccc(C)cc3)C(=O)N(c3ccc(Cl)cc3)C2=O)cc(OC)c1. The molecule has 0 saturated heterocycles. The summed E-state index contributed by atoms with van der Waals surface area (Å²) in [5.41, 5.74) is 3.14. The molecule has 3 aromatic carbocycles. The van der Waals surface area contributed by atoms with Crippen molar-refractivity contribution in [1.29, 1.82) is 0 Å². The van der Waals surface area contributed by atoms with Gasteiger partial charge in [0.25, 0.3) is 11.8 Å². The number of aryl methyl sites for hydroxylation is 1. The maximum atomic E-state index is 13.5. The van der Waals surface area contributed by atoms with Crippen molar-refractivity contribution in [2.24, 2.45) is 0 Å². The number of nitrogens with one attached hydrogen (secondary N) is 1. The van der Waals surface area contributed by atoms with Crippen LogP contribution in [0.2, 0.25) is 5.02 Å². The lowest BCUT2D eigenvalue weighted by Crippen LogP contribution is -2.32. The molecular weight excluding hydrogens is 428 g/mol. The molecule has 6 nitrogen and oxygen atoms in total. The standard InChI is InChI=1S/C25H21ClN2O4/c1-15-4-6-16(7-5-15)22-23(27-18-12-20(31-2)14-21(13-18)32-3)25(30)28(24(22)29)19-10-8-17(26)9-11-19/h4-14,27H,1-3H3. The summed E-state index contributed by atoms with van der Waals surface area (Å²) >= 11 is 5.99. The Morgan fingerprint density at radius 3 is 1.97 bits per heavy atom. The summed E-state index contributed by atoms with van der Waals surface area (Å²) in [7, 11) is 3.09. The van der Waals surface area contributed by atoms with Gasteiger partial charge in [0.15, 0.2) is 0 Å². The second-order valence-corrected chi connectivity index (χ2v) is 7.70. The van der Waals surface area contributed by atoms with Crippen LogP contribution in [0.15, 0.2) is 72.4 Å². The molecule has 0 aromatic heterocycles. The smallest absolute Gasteiger partial charge is 0.282 e. The van der Waals surface area contributed by atoms with Crippen LogP contribution in [-0.4, -0.2) is 26.0 Å². The van der Waals surface area contributed by atoms with E-state index in [0.29, 0.717) is 33.5 Å². The molecule has 1 N–H and O–H groups in total. The number of halogens is 1. The van der Waals surface area contributed by atoms with Crippen LogP contribution in [0.3, 0.4) is 0 Å². The van der Waals surface area contributed by atoms with Gasteiger partial charge in [0.2, 0.25) is 0 Å². The molecule has 0 aliphatic carbocycles. The molecule has 0 bridgehead atoms. The van der Waals surface area contributed by atoms with E-state index in [9.17, 15) is 9.59 Å². The molecule has 3 aromatic rings. The van der Waals surface area contributed by atoms with E-state index in [0.717, 1.165) is 10.5 Å². The summed E-state index contributed by atoms with van der Waals surface area (Å²) in [6.07, 6.45) is 0. The number of hydrogen-bond acceptors (Lipinski definition) is 5. The van der Waals surface area contributed by atoms with E-state index in [1.807, 2.05) is 31.2 Å². The quantitative estimate of drug-likeness (QED) is 0.534. The maximum absolute atomic E-state index is 13.5. The maximum Gasteiger partial charge on any atom is 0.282 e. The van der Waals surface area contributed by atoms with Crippen molar-refractivity contribution in [3.8, 4) is 11.5 Å². The number of nitrogens with zero attached hydrogens (tertiary/aromatic N) is 1. The number of methoxy groups -OCH3 is 2. The van der Waals surface area contributed by atoms with Crippen LogP contribution < -0.4 is 19.7 Å². The summed E-state index contributed by atoms with van der Waals surface area (Å²) in [6.45, 7) is 1.96. The van der Waals surface area contributed by atoms with E-state index in [4.69, 9.17) is 21.1 Å². The largest absolute Gasteiger partial charge is 0.497 e. The summed E-state index contributed by atoms with van der Waals surface area (Å²) < 4.78 is 10.7. The monoisotopic (exact) mass is 448 g/mol. The fourth-order valence-electron chi connectivity index (χ4n) is 3.48. The normalized spacial score (nSPS) is 13.6. The van der Waals surface area contributed by atoms with Crippen LogP contribution in [0.4, 0.5) is 11.4 Å². The Hall–Kier alpha value is -3.77. The van der Waals surface area contributed by atoms with Gasteiger partial charge in [0.05, 0.1) is 25.5 Å². The van der Waals surface area contributed by atoms with Gasteiger partial charge in [-0.3, -0.25) is 9.59 Å². The first kappa shape index (κ1) is 21.5. The van der Waals surface area contributed by atoms with Gasteiger partial charge in [0, 0.05) is 28.9 Å². The molecule has 0 unspecified atom stereocenters. The van der Waals surface area contributed by atoms with Crippen molar-refractivity contribution >= 4 is 40.4 Å². The first-order valence-electron chi connectivity index (χ1n) is 9.87. The highest BCUT2D eigenvalue weighted by Crippen LogP contribution is 2.35. The van der Waals surface area contributed by atoms with E-state index in [1.54, 1.807) is 56.7 Å². The highest BCUT2D eigenvalue weighted by atomic mass is 35.5. The zero-order valence-corrected chi connectivity index (χ0v) is 18.6. The van der Waals surface area contributed by atoms with Crippen LogP contribution in [0, 0.1) is 6.92 Å². The molecule has 0 spiro atoms. The predicted octanol–water partition coefficient (Wildman–Crippen LogP) is 5.06. The van der Waals surface area contributed by atoms with Crippen LogP contribution in [0.1, 0.15) is 11.1 Å². The average molecular weight is 449 g/mol. The van der Waals surface area contributed by atoms with Crippen LogP contribution in [0.5, 0.6) is 11.5 Å². The number of benzene rings is 3. The van der Waals surface area contributed by atoms with Gasteiger partial charge in [0.1, 0.15) is 17.2 Å². The molecule has 4 rings (SSSR count). The number of anilines is 2. The van der Waals surface area contributed by atoms with Gasteiger partial charge in [-0.15, -0.1) is 0 Å². The lowest BCUT2D eigenvalue weighted by Gasteiger charge is -2.16. The van der Waals surface area contributed by atoms with Crippen molar-refractivity contribution in [1.82, 2.24) is 0 Å². The van der Waals surface area contributed by atoms with Crippen LogP contribution in [0.25, 0.3) is 5.57 Å². The molecular formula is C25H21ClN2O4. The molecule has 1 heterocycles. The first-order chi connectivity index (χ1) is 15.4. The Labute approximate surface area is 191 Å². The number of hydrogen-bond donors (Lipinski definition) is 1. The Balaban J connectivity index is 1.82. The average Bonchev–Trinajstić information content (AvgIpc) is 3.04. The van der Waals surface area contributed by atoms with Gasteiger partial charge in [-0.25, -0.2) is 4.90 Å². The van der Waals surface area contributed by atoms with Gasteiger partial charge in [-0.2, -0.15) is 0 Å². The zero-order chi connectivity index (χ0) is 22.8. The fourth-order valence-corrected chi connectivity index (χ4v) is 3.61. The minimum atomic E-state index is -0.463. The van der Waals surface area contributed by atoms with Crippen molar-refractivity contribution < 1.29 is 19.1 Å². The molecule has 1 aliphatic rings. The van der Waals surface area contributed by atoms with Crippen molar-refractivity contribution in [2.75, 3.05) is 24.4 Å². The third kappa shape index (κ3) is 4.05. The van der Waals surface area contributed by atoms with Crippen molar-refractivity contribution in [3.05, 3.63) is 88.6 Å². The van der Waals surface area contributed by atoms with E-state index >= 15 is 0 Å². The number of amides is 2. The number of ether oxygens (including phenoxy) is 2. The molecule has 0 saturated carbocycles. The molecule has 1 aliphatic heterocycles. The number of rotatable bonds is 6. The molecule has 162 valence electrons. The molecule has 0 atom stereocenters. The lowest BCUT2D eigenvalue weighted by atomic mass is 10.0. The van der Waals surface area contributed by atoms with Gasteiger partial charge < -0.3 is 14.8 Å². The minimum absolute atomic E-state index is 0.170. The molecule has 0 radical (unpaired) electrons. The molecule has 0 fully saturated rings. The van der Waals surface area contributed by atoms with Gasteiger partial charge in [-0.1, -0.05) is 41.4 Å². The molecule has 2 amide bonds.